The van der Waals surface area contributed by atoms with Crippen LogP contribution in [-0.2, 0) is 16.6 Å². The van der Waals surface area contributed by atoms with Crippen molar-refractivity contribution in [2.45, 2.75) is 25.9 Å². The largest absolute Gasteiger partial charge is 0.309 e. The number of nitrogens with zero attached hydrogens (tertiary/aromatic N) is 2. The van der Waals surface area contributed by atoms with Gasteiger partial charge in [-0.15, -0.1) is 0 Å². The smallest absolute Gasteiger partial charge is 0.209 e. The minimum Gasteiger partial charge on any atom is -0.309 e. The van der Waals surface area contributed by atoms with Crippen LogP contribution in [0.5, 0.6) is 0 Å². The standard InChI is InChI=1S/C13H20N4O2S/c1-13(2,16-20(3,18)19)10-14-8-11-9-17-7-5-4-6-12(17)15-11/h4-7,9,14,16H,8,10H2,1-3H3. The summed E-state index contributed by atoms with van der Waals surface area (Å²) in [5.74, 6) is 0. The topological polar surface area (TPSA) is 75.5 Å². The van der Waals surface area contributed by atoms with Crippen LogP contribution in [0.3, 0.4) is 0 Å². The molecule has 0 aliphatic rings. The van der Waals surface area contributed by atoms with Crippen LogP contribution in [0, 0.1) is 0 Å². The highest BCUT2D eigenvalue weighted by Gasteiger charge is 2.21. The molecular weight excluding hydrogens is 276 g/mol. The quantitative estimate of drug-likeness (QED) is 0.825. The zero-order chi connectivity index (χ0) is 14.8. The maximum atomic E-state index is 11.2. The van der Waals surface area contributed by atoms with E-state index >= 15 is 0 Å². The first kappa shape index (κ1) is 15.0. The van der Waals surface area contributed by atoms with Gasteiger partial charge in [-0.05, 0) is 26.0 Å². The molecule has 2 rings (SSSR count). The van der Waals surface area contributed by atoms with Crippen LogP contribution in [-0.4, -0.2) is 36.1 Å². The minimum atomic E-state index is -3.21. The van der Waals surface area contributed by atoms with Gasteiger partial charge >= 0.3 is 0 Å². The van der Waals surface area contributed by atoms with Crippen molar-refractivity contribution < 1.29 is 8.42 Å². The van der Waals surface area contributed by atoms with E-state index in [0.29, 0.717) is 13.1 Å². The van der Waals surface area contributed by atoms with Crippen LogP contribution in [0.1, 0.15) is 19.5 Å². The summed E-state index contributed by atoms with van der Waals surface area (Å²) in [6.45, 7) is 4.79. The van der Waals surface area contributed by atoms with E-state index in [1.807, 2.05) is 48.8 Å². The molecule has 2 heterocycles. The summed E-state index contributed by atoms with van der Waals surface area (Å²) in [5.41, 5.74) is 1.29. The zero-order valence-corrected chi connectivity index (χ0v) is 12.7. The Morgan fingerprint density at radius 1 is 1.35 bits per heavy atom. The van der Waals surface area contributed by atoms with Gasteiger partial charge in [-0.1, -0.05) is 6.07 Å². The van der Waals surface area contributed by atoms with Crippen molar-refractivity contribution in [3.05, 3.63) is 36.3 Å². The number of hydrogen-bond acceptors (Lipinski definition) is 4. The van der Waals surface area contributed by atoms with Crippen LogP contribution in [0.25, 0.3) is 5.65 Å². The summed E-state index contributed by atoms with van der Waals surface area (Å²) in [6, 6.07) is 5.84. The molecule has 110 valence electrons. The SMILES string of the molecule is CC(C)(CNCc1cn2ccccc2n1)NS(C)(=O)=O. The molecule has 0 fully saturated rings. The van der Waals surface area contributed by atoms with E-state index in [2.05, 4.69) is 15.0 Å². The van der Waals surface area contributed by atoms with E-state index in [4.69, 9.17) is 0 Å². The van der Waals surface area contributed by atoms with Gasteiger partial charge in [-0.25, -0.2) is 18.1 Å². The maximum Gasteiger partial charge on any atom is 0.209 e. The molecule has 0 saturated heterocycles. The molecule has 0 radical (unpaired) electrons. The van der Waals surface area contributed by atoms with E-state index in [-0.39, 0.29) is 0 Å². The lowest BCUT2D eigenvalue weighted by atomic mass is 10.1. The molecule has 0 aliphatic carbocycles. The van der Waals surface area contributed by atoms with Crippen LogP contribution in [0.15, 0.2) is 30.6 Å². The summed E-state index contributed by atoms with van der Waals surface area (Å²) in [7, 11) is -3.21. The second-order valence-electron chi connectivity index (χ2n) is 5.56. The molecule has 7 heteroatoms. The third-order valence-corrected chi connectivity index (χ3v) is 3.67. The van der Waals surface area contributed by atoms with E-state index in [0.717, 1.165) is 17.6 Å². The molecule has 0 aromatic carbocycles. The number of hydrogen-bond donors (Lipinski definition) is 2. The highest BCUT2D eigenvalue weighted by Crippen LogP contribution is 2.06. The normalized spacial score (nSPS) is 12.9. The highest BCUT2D eigenvalue weighted by molar-refractivity contribution is 7.88. The van der Waals surface area contributed by atoms with Crippen molar-refractivity contribution >= 4 is 15.7 Å². The third kappa shape index (κ3) is 4.29. The van der Waals surface area contributed by atoms with Crippen molar-refractivity contribution in [3.8, 4) is 0 Å². The Balaban J connectivity index is 1.92. The van der Waals surface area contributed by atoms with E-state index in [1.54, 1.807) is 0 Å². The molecule has 0 saturated carbocycles. The molecule has 6 nitrogen and oxygen atoms in total. The second-order valence-corrected chi connectivity index (χ2v) is 7.31. The number of aromatic nitrogens is 2. The molecule has 20 heavy (non-hydrogen) atoms. The second kappa shape index (κ2) is 5.51. The summed E-state index contributed by atoms with van der Waals surface area (Å²) in [6.07, 6.45) is 5.07. The molecule has 0 spiro atoms. The van der Waals surface area contributed by atoms with Gasteiger partial charge in [0, 0.05) is 31.0 Å². The predicted octanol–water partition coefficient (Wildman–Crippen LogP) is 0.752. The fraction of sp³-hybridized carbons (Fsp3) is 0.462. The number of fused-ring (bicyclic) bond motifs is 1. The van der Waals surface area contributed by atoms with Crippen molar-refractivity contribution in [1.29, 1.82) is 0 Å². The zero-order valence-electron chi connectivity index (χ0n) is 11.9. The molecule has 2 N–H and O–H groups in total. The maximum absolute atomic E-state index is 11.2. The highest BCUT2D eigenvalue weighted by atomic mass is 32.2. The van der Waals surface area contributed by atoms with Gasteiger partial charge in [0.1, 0.15) is 5.65 Å². The average molecular weight is 296 g/mol. The summed E-state index contributed by atoms with van der Waals surface area (Å²) < 4.78 is 27.0. The molecule has 0 bridgehead atoms. The van der Waals surface area contributed by atoms with E-state index < -0.39 is 15.6 Å². The lowest BCUT2D eigenvalue weighted by Gasteiger charge is -2.25. The molecular formula is C13H20N4O2S. The van der Waals surface area contributed by atoms with E-state index in [1.165, 1.54) is 0 Å². The number of nitrogens with one attached hydrogen (secondary N) is 2. The van der Waals surface area contributed by atoms with Crippen molar-refractivity contribution in [2.24, 2.45) is 0 Å². The van der Waals surface area contributed by atoms with Gasteiger partial charge in [-0.3, -0.25) is 0 Å². The number of imidazole rings is 1. The van der Waals surface area contributed by atoms with Gasteiger partial charge in [0.15, 0.2) is 0 Å². The van der Waals surface area contributed by atoms with Crippen molar-refractivity contribution in [2.75, 3.05) is 12.8 Å². The molecule has 2 aromatic rings. The summed E-state index contributed by atoms with van der Waals surface area (Å²) in [4.78, 5) is 4.47. The van der Waals surface area contributed by atoms with Gasteiger partial charge < -0.3 is 9.72 Å². The Kier molecular flexibility index (Phi) is 4.12. The Bertz CT molecular complexity index is 658. The van der Waals surface area contributed by atoms with Crippen LogP contribution in [0.4, 0.5) is 0 Å². The third-order valence-electron chi connectivity index (χ3n) is 2.75. The van der Waals surface area contributed by atoms with Gasteiger partial charge in [-0.2, -0.15) is 0 Å². The first-order valence-electron chi connectivity index (χ1n) is 6.37. The Morgan fingerprint density at radius 2 is 2.10 bits per heavy atom. The molecule has 0 atom stereocenters. The van der Waals surface area contributed by atoms with Crippen molar-refractivity contribution in [1.82, 2.24) is 19.4 Å². The monoisotopic (exact) mass is 296 g/mol. The van der Waals surface area contributed by atoms with Gasteiger partial charge in [0.05, 0.1) is 11.9 Å². The fourth-order valence-corrected chi connectivity index (χ4v) is 3.19. The molecule has 2 aromatic heterocycles. The van der Waals surface area contributed by atoms with E-state index in [9.17, 15) is 8.42 Å². The summed E-state index contributed by atoms with van der Waals surface area (Å²) >= 11 is 0. The van der Waals surface area contributed by atoms with Crippen LogP contribution >= 0.6 is 0 Å². The van der Waals surface area contributed by atoms with Crippen LogP contribution in [0.2, 0.25) is 0 Å². The lowest BCUT2D eigenvalue weighted by molar-refractivity contribution is 0.420. The Morgan fingerprint density at radius 3 is 2.75 bits per heavy atom. The first-order chi connectivity index (χ1) is 9.25. The van der Waals surface area contributed by atoms with Gasteiger partial charge in [0.2, 0.25) is 10.0 Å². The predicted molar refractivity (Wildman–Crippen MR) is 79.0 cm³/mol. The lowest BCUT2D eigenvalue weighted by Crippen LogP contribution is -2.49. The number of rotatable bonds is 6. The molecule has 0 unspecified atom stereocenters. The molecule has 0 aliphatic heterocycles. The Labute approximate surface area is 119 Å². The van der Waals surface area contributed by atoms with Crippen molar-refractivity contribution in [3.63, 3.8) is 0 Å². The van der Waals surface area contributed by atoms with Gasteiger partial charge in [0.25, 0.3) is 0 Å². The fourth-order valence-electron chi connectivity index (χ4n) is 2.11. The average Bonchev–Trinajstić information content (AvgIpc) is 2.67. The Hall–Kier alpha value is -1.44. The van der Waals surface area contributed by atoms with Crippen LogP contribution < -0.4 is 10.0 Å². The minimum absolute atomic E-state index is 0.522. The summed E-state index contributed by atoms with van der Waals surface area (Å²) in [5, 5.41) is 3.22. The molecule has 0 amide bonds. The first-order valence-corrected chi connectivity index (χ1v) is 8.27. The number of pyridine rings is 1. The number of sulfonamides is 1.